The number of nitrogens with one attached hydrogen (secondary N) is 2. The van der Waals surface area contributed by atoms with Crippen LogP contribution in [-0.4, -0.2) is 27.1 Å². The van der Waals surface area contributed by atoms with Gasteiger partial charge in [0.2, 0.25) is 17.7 Å². The lowest BCUT2D eigenvalue weighted by Gasteiger charge is -2.16. The smallest absolute Gasteiger partial charge is 0.320 e. The van der Waals surface area contributed by atoms with Gasteiger partial charge in [0.05, 0.1) is 6.04 Å². The number of amides is 1. The summed E-state index contributed by atoms with van der Waals surface area (Å²) >= 11 is 0. The molecule has 1 aromatic heterocycles. The molecular weight excluding hydrogens is 251 g/mol. The topological polar surface area (TPSA) is 96.7 Å². The Morgan fingerprint density at radius 1 is 1.56 bits per heavy atom. The Morgan fingerprint density at radius 3 is 2.61 bits per heavy atom. The molecule has 6 nitrogen and oxygen atoms in total. The van der Waals surface area contributed by atoms with E-state index in [0.717, 1.165) is 0 Å². The number of anilines is 1. The molecule has 0 aliphatic heterocycles. The van der Waals surface area contributed by atoms with Crippen molar-refractivity contribution < 1.29 is 18.0 Å². The summed E-state index contributed by atoms with van der Waals surface area (Å²) in [5.41, 5.74) is 5.61. The summed E-state index contributed by atoms with van der Waals surface area (Å²) in [5.74, 6) is -2.41. The van der Waals surface area contributed by atoms with Crippen molar-refractivity contribution in [1.29, 1.82) is 0 Å². The molecule has 0 saturated carbocycles. The molecule has 0 aromatic carbocycles. The van der Waals surface area contributed by atoms with E-state index in [-0.39, 0.29) is 5.92 Å². The van der Waals surface area contributed by atoms with Crippen molar-refractivity contribution in [3.05, 3.63) is 5.82 Å². The van der Waals surface area contributed by atoms with Gasteiger partial charge in [-0.05, 0) is 5.92 Å². The summed E-state index contributed by atoms with van der Waals surface area (Å²) in [7, 11) is 0. The van der Waals surface area contributed by atoms with Crippen LogP contribution in [0.2, 0.25) is 0 Å². The van der Waals surface area contributed by atoms with Gasteiger partial charge in [0, 0.05) is 0 Å². The third kappa shape index (κ3) is 3.42. The minimum absolute atomic E-state index is 0.0916. The lowest BCUT2D eigenvalue weighted by atomic mass is 10.00. The van der Waals surface area contributed by atoms with Crippen LogP contribution in [0.1, 0.15) is 26.1 Å². The molecule has 0 fully saturated rings. The van der Waals surface area contributed by atoms with Crippen LogP contribution >= 0.6 is 0 Å². The lowest BCUT2D eigenvalue weighted by molar-refractivity contribution is -0.144. The van der Waals surface area contributed by atoms with E-state index in [1.807, 2.05) is 6.92 Å². The van der Waals surface area contributed by atoms with E-state index in [9.17, 15) is 18.0 Å². The molecule has 18 heavy (non-hydrogen) atoms. The van der Waals surface area contributed by atoms with Crippen LogP contribution in [0.5, 0.6) is 0 Å². The fourth-order valence-electron chi connectivity index (χ4n) is 1.15. The molecule has 102 valence electrons. The number of aromatic nitrogens is 3. The Kier molecular flexibility index (Phi) is 4.28. The zero-order valence-corrected chi connectivity index (χ0v) is 9.88. The number of rotatable bonds is 4. The maximum Gasteiger partial charge on any atom is 0.451 e. The second-order valence-corrected chi connectivity index (χ2v) is 3.91. The fourth-order valence-corrected chi connectivity index (χ4v) is 1.15. The Morgan fingerprint density at radius 2 is 2.17 bits per heavy atom. The SMILES string of the molecule is CCC(C)C(N)C(=O)Nc1n[nH]c(C(F)(F)F)n1. The molecule has 1 rings (SSSR count). The third-order valence-electron chi connectivity index (χ3n) is 2.55. The molecule has 2 atom stereocenters. The summed E-state index contributed by atoms with van der Waals surface area (Å²) in [5, 5.41) is 7.07. The Bertz CT molecular complexity index is 417. The number of hydrogen-bond donors (Lipinski definition) is 3. The predicted octanol–water partition coefficient (Wildman–Crippen LogP) is 1.14. The van der Waals surface area contributed by atoms with E-state index in [1.165, 1.54) is 0 Å². The normalized spacial score (nSPS) is 15.2. The lowest BCUT2D eigenvalue weighted by Crippen LogP contribution is -2.40. The van der Waals surface area contributed by atoms with Crippen molar-refractivity contribution in [1.82, 2.24) is 15.2 Å². The highest BCUT2D eigenvalue weighted by molar-refractivity contribution is 5.93. The molecule has 1 amide bonds. The van der Waals surface area contributed by atoms with Crippen LogP contribution in [0, 0.1) is 5.92 Å². The highest BCUT2D eigenvalue weighted by Crippen LogP contribution is 2.26. The highest BCUT2D eigenvalue weighted by atomic mass is 19.4. The molecule has 0 radical (unpaired) electrons. The van der Waals surface area contributed by atoms with E-state index in [0.29, 0.717) is 6.42 Å². The Balaban J connectivity index is 2.68. The van der Waals surface area contributed by atoms with Crippen molar-refractivity contribution in [2.75, 3.05) is 5.32 Å². The number of alkyl halides is 3. The van der Waals surface area contributed by atoms with Gasteiger partial charge in [-0.2, -0.15) is 18.2 Å². The molecule has 4 N–H and O–H groups in total. The van der Waals surface area contributed by atoms with Crippen molar-refractivity contribution in [3.8, 4) is 0 Å². The van der Waals surface area contributed by atoms with Gasteiger partial charge in [-0.3, -0.25) is 15.2 Å². The van der Waals surface area contributed by atoms with Gasteiger partial charge >= 0.3 is 6.18 Å². The summed E-state index contributed by atoms with van der Waals surface area (Å²) in [6, 6.07) is -0.817. The van der Waals surface area contributed by atoms with Crippen molar-refractivity contribution in [2.24, 2.45) is 11.7 Å². The molecule has 1 aromatic rings. The largest absolute Gasteiger partial charge is 0.451 e. The van der Waals surface area contributed by atoms with E-state index in [1.54, 1.807) is 12.0 Å². The average molecular weight is 265 g/mol. The molecule has 1 heterocycles. The van der Waals surface area contributed by atoms with Crippen LogP contribution in [-0.2, 0) is 11.0 Å². The minimum atomic E-state index is -4.63. The zero-order valence-electron chi connectivity index (χ0n) is 9.88. The van der Waals surface area contributed by atoms with E-state index in [2.05, 4.69) is 15.4 Å². The number of H-pyrrole nitrogens is 1. The van der Waals surface area contributed by atoms with Crippen LogP contribution in [0.15, 0.2) is 0 Å². The third-order valence-corrected chi connectivity index (χ3v) is 2.55. The van der Waals surface area contributed by atoms with Crippen LogP contribution in [0.4, 0.5) is 19.1 Å². The fraction of sp³-hybridized carbons (Fsp3) is 0.667. The summed E-state index contributed by atoms with van der Waals surface area (Å²) in [6.07, 6.45) is -3.95. The van der Waals surface area contributed by atoms with Crippen LogP contribution in [0.3, 0.4) is 0 Å². The van der Waals surface area contributed by atoms with Gasteiger partial charge in [-0.15, -0.1) is 5.10 Å². The zero-order chi connectivity index (χ0) is 13.9. The predicted molar refractivity (Wildman–Crippen MR) is 57.4 cm³/mol. The molecule has 9 heteroatoms. The summed E-state index contributed by atoms with van der Waals surface area (Å²) in [6.45, 7) is 3.62. The number of halogens is 3. The van der Waals surface area contributed by atoms with Gasteiger partial charge < -0.3 is 5.73 Å². The van der Waals surface area contributed by atoms with Gasteiger partial charge in [0.1, 0.15) is 0 Å². The maximum atomic E-state index is 12.2. The van der Waals surface area contributed by atoms with Crippen molar-refractivity contribution in [3.63, 3.8) is 0 Å². The number of carbonyl (C=O) groups excluding carboxylic acids is 1. The first-order valence-corrected chi connectivity index (χ1v) is 5.31. The molecule has 0 aliphatic rings. The number of nitrogens with two attached hydrogens (primary N) is 1. The van der Waals surface area contributed by atoms with Gasteiger partial charge in [0.15, 0.2) is 0 Å². The van der Waals surface area contributed by atoms with E-state index >= 15 is 0 Å². The molecule has 0 saturated heterocycles. The Hall–Kier alpha value is -1.64. The summed E-state index contributed by atoms with van der Waals surface area (Å²) < 4.78 is 36.6. The van der Waals surface area contributed by atoms with Crippen LogP contribution < -0.4 is 11.1 Å². The van der Waals surface area contributed by atoms with Crippen molar-refractivity contribution >= 4 is 11.9 Å². The number of hydrogen-bond acceptors (Lipinski definition) is 4. The van der Waals surface area contributed by atoms with E-state index < -0.39 is 29.9 Å². The molecule has 0 bridgehead atoms. The number of nitrogens with zero attached hydrogens (tertiary/aromatic N) is 2. The molecule has 0 spiro atoms. The average Bonchev–Trinajstić information content (AvgIpc) is 2.75. The second kappa shape index (κ2) is 5.34. The first-order valence-electron chi connectivity index (χ1n) is 5.31. The molecule has 2 unspecified atom stereocenters. The monoisotopic (exact) mass is 265 g/mol. The van der Waals surface area contributed by atoms with Gasteiger partial charge in [0.25, 0.3) is 0 Å². The first kappa shape index (κ1) is 14.4. The first-order chi connectivity index (χ1) is 8.25. The van der Waals surface area contributed by atoms with Crippen LogP contribution in [0.25, 0.3) is 0 Å². The standard InChI is InChI=1S/C9H14F3N5O/c1-3-4(2)5(13)6(18)14-8-15-7(16-17-8)9(10,11)12/h4-5H,3,13H2,1-2H3,(H2,14,15,16,17,18). The Labute approximate surface area is 101 Å². The maximum absolute atomic E-state index is 12.2. The minimum Gasteiger partial charge on any atom is -0.320 e. The second-order valence-electron chi connectivity index (χ2n) is 3.91. The van der Waals surface area contributed by atoms with Crippen molar-refractivity contribution in [2.45, 2.75) is 32.5 Å². The number of aromatic amines is 1. The van der Waals surface area contributed by atoms with E-state index in [4.69, 9.17) is 5.73 Å². The quantitative estimate of drug-likeness (QED) is 0.760. The molecule has 0 aliphatic carbocycles. The van der Waals surface area contributed by atoms with Gasteiger partial charge in [-0.25, -0.2) is 0 Å². The number of carbonyl (C=O) groups is 1. The highest BCUT2D eigenvalue weighted by Gasteiger charge is 2.35. The summed E-state index contributed by atoms with van der Waals surface area (Å²) in [4.78, 5) is 14.7. The molecular formula is C9H14F3N5O. The van der Waals surface area contributed by atoms with Gasteiger partial charge in [-0.1, -0.05) is 20.3 Å².